The molecule has 4 aliphatic heterocycles. The zero-order valence-corrected chi connectivity index (χ0v) is 32.0. The number of piperazine rings is 1. The molecule has 0 aromatic heterocycles. The van der Waals surface area contributed by atoms with Gasteiger partial charge in [-0.2, -0.15) is 0 Å². The summed E-state index contributed by atoms with van der Waals surface area (Å²) in [5, 5.41) is 27.2. The highest BCUT2D eigenvalue weighted by atomic mass is 32.2. The van der Waals surface area contributed by atoms with E-state index >= 15 is 0 Å². The lowest BCUT2D eigenvalue weighted by Crippen LogP contribution is -2.65. The molecule has 0 bridgehead atoms. The normalized spacial score (nSPS) is 27.9. The number of aryl methyl sites for hydroxylation is 1. The quantitative estimate of drug-likeness (QED) is 0.214. The number of para-hydroxylation sites is 1. The van der Waals surface area contributed by atoms with Crippen LogP contribution in [0, 0.1) is 11.8 Å². The number of anilines is 2. The summed E-state index contributed by atoms with van der Waals surface area (Å²) in [4.78, 5) is 39.7. The number of carbonyl (C=O) groups excluding carboxylic acids is 3. The first-order valence-corrected chi connectivity index (χ1v) is 20.1. The van der Waals surface area contributed by atoms with Gasteiger partial charge in [0.15, 0.2) is 6.54 Å². The van der Waals surface area contributed by atoms with Crippen LogP contribution in [-0.4, -0.2) is 117 Å². The summed E-state index contributed by atoms with van der Waals surface area (Å²) in [5.74, 6) is -3.24. The van der Waals surface area contributed by atoms with E-state index in [2.05, 4.69) is 32.4 Å². The number of β-lactam (4-membered cyclic amide) rings is 1. The highest BCUT2D eigenvalue weighted by Crippen LogP contribution is 2.49. The fraction of sp³-hybridized carbons (Fsp3) is 0.475. The van der Waals surface area contributed by atoms with Crippen molar-refractivity contribution >= 4 is 50.0 Å². The molecule has 12 nitrogen and oxygen atoms in total. The number of hydrogen-bond acceptors (Lipinski definition) is 7. The van der Waals surface area contributed by atoms with E-state index < -0.39 is 45.9 Å². The molecule has 3 aromatic rings. The third kappa shape index (κ3) is 6.30. The number of quaternary nitrogens is 2. The lowest BCUT2D eigenvalue weighted by Gasteiger charge is -2.47. The number of aliphatic hydroxyl groups is 1. The lowest BCUT2D eigenvalue weighted by molar-refractivity contribution is -1.01. The Kier molecular flexibility index (Phi) is 9.45. The van der Waals surface area contributed by atoms with Crippen LogP contribution in [0.15, 0.2) is 70.8 Å². The summed E-state index contributed by atoms with van der Waals surface area (Å²) in [5.41, 5.74) is 3.56. The number of nitrogens with one attached hydrogen (secondary N) is 1. The van der Waals surface area contributed by atoms with Gasteiger partial charge in [-0.15, -0.1) is 0 Å². The highest BCUT2D eigenvalue weighted by molar-refractivity contribution is 7.93. The number of carbonyl (C=O) groups is 3. The molecule has 0 unspecified atom stereocenters. The van der Waals surface area contributed by atoms with E-state index in [0.29, 0.717) is 27.7 Å². The van der Waals surface area contributed by atoms with Crippen LogP contribution in [0.5, 0.6) is 0 Å². The molecule has 0 aliphatic carbocycles. The first-order chi connectivity index (χ1) is 25.1. The SMILES string of the molecule is CCCc1ccccc1NC(=O)C[N+]1(C)CC[N+](C)(CCc2ccc3c4c(cccc24)N(CC2=C(C(=O)[O-])N4C(=O)[C@H]([C@@H](C)O)[C@H]4[C@H]2C)S3(=O)=O)CC1. The van der Waals surface area contributed by atoms with Gasteiger partial charge in [-0.05, 0) is 53.6 Å². The van der Waals surface area contributed by atoms with E-state index in [0.717, 1.165) is 83.6 Å². The van der Waals surface area contributed by atoms with Crippen LogP contribution in [0.25, 0.3) is 10.8 Å². The van der Waals surface area contributed by atoms with Crippen molar-refractivity contribution in [2.45, 2.75) is 57.1 Å². The smallest absolute Gasteiger partial charge is 0.279 e. The molecule has 2 amide bonds. The molecule has 3 aromatic carbocycles. The summed E-state index contributed by atoms with van der Waals surface area (Å²) in [6, 6.07) is 16.5. The Labute approximate surface area is 311 Å². The molecule has 7 rings (SSSR count). The van der Waals surface area contributed by atoms with Gasteiger partial charge >= 0.3 is 0 Å². The Hall–Kier alpha value is -4.30. The summed E-state index contributed by atoms with van der Waals surface area (Å²) in [6.07, 6.45) is 1.69. The van der Waals surface area contributed by atoms with E-state index in [1.165, 1.54) is 11.2 Å². The first kappa shape index (κ1) is 37.0. The maximum absolute atomic E-state index is 14.1. The maximum atomic E-state index is 14.1. The maximum Gasteiger partial charge on any atom is 0.279 e. The Bertz CT molecular complexity index is 2140. The highest BCUT2D eigenvalue weighted by Gasteiger charge is 2.59. The van der Waals surface area contributed by atoms with Crippen molar-refractivity contribution in [3.8, 4) is 0 Å². The number of carboxylic acids is 1. The zero-order chi connectivity index (χ0) is 38.0. The second kappa shape index (κ2) is 13.5. The van der Waals surface area contributed by atoms with Crippen molar-refractivity contribution in [1.29, 1.82) is 0 Å². The molecule has 4 aliphatic rings. The number of carboxylic acid groups (broad SMARTS) is 1. The van der Waals surface area contributed by atoms with Crippen LogP contribution >= 0.6 is 0 Å². The van der Waals surface area contributed by atoms with Gasteiger partial charge in [0.05, 0.1) is 67.5 Å². The van der Waals surface area contributed by atoms with Crippen LogP contribution in [0.2, 0.25) is 0 Å². The summed E-state index contributed by atoms with van der Waals surface area (Å²) in [7, 11) is 0.366. The number of aliphatic carboxylic acids is 1. The van der Waals surface area contributed by atoms with Crippen LogP contribution in [-0.2, 0) is 37.2 Å². The Morgan fingerprint density at radius 3 is 2.36 bits per heavy atom. The van der Waals surface area contributed by atoms with Gasteiger partial charge in [-0.1, -0.05) is 56.7 Å². The van der Waals surface area contributed by atoms with Gasteiger partial charge in [-0.25, -0.2) is 8.42 Å². The number of fused-ring (bicyclic) bond motifs is 1. The number of benzene rings is 3. The zero-order valence-electron chi connectivity index (χ0n) is 31.2. The molecule has 0 radical (unpaired) electrons. The fourth-order valence-corrected chi connectivity index (χ4v) is 10.8. The summed E-state index contributed by atoms with van der Waals surface area (Å²) >= 11 is 0. The van der Waals surface area contributed by atoms with Crippen molar-refractivity contribution in [2.75, 3.05) is 69.5 Å². The van der Waals surface area contributed by atoms with E-state index in [4.69, 9.17) is 0 Å². The van der Waals surface area contributed by atoms with Crippen LogP contribution in [0.3, 0.4) is 0 Å². The minimum atomic E-state index is -4.03. The van der Waals surface area contributed by atoms with Gasteiger partial charge in [-0.3, -0.25) is 13.9 Å². The van der Waals surface area contributed by atoms with Gasteiger partial charge in [0.1, 0.15) is 26.2 Å². The Balaban J connectivity index is 1.06. The number of rotatable bonds is 12. The van der Waals surface area contributed by atoms with E-state index in [1.807, 2.05) is 36.4 Å². The summed E-state index contributed by atoms with van der Waals surface area (Å²) in [6.45, 7) is 9.97. The van der Waals surface area contributed by atoms with Crippen molar-refractivity contribution in [2.24, 2.45) is 11.8 Å². The number of nitrogens with zero attached hydrogens (tertiary/aromatic N) is 4. The van der Waals surface area contributed by atoms with Gasteiger partial charge < -0.3 is 34.2 Å². The Morgan fingerprint density at radius 1 is 0.981 bits per heavy atom. The molecule has 13 heteroatoms. The standard InChI is InChI=1S/C40H49N5O7S/c1-6-10-28-11-7-8-13-31(28)41-34(47)24-45(5)21-19-44(4,20-22-45)18-17-27-15-16-33-36-29(27)12-9-14-32(36)42(53(33,51)52)23-30-25(2)37-35(26(3)46)39(48)43(37)38(30)40(49)50/h7-9,11-16,25-26,35,37,46H,6,10,17-24H2,1-5H3/p+1/t25-,26+,35+,37+,44?,45?/m0/s1. The molecular formula is C40H50N5O7S+. The van der Waals surface area contributed by atoms with Crippen molar-refractivity contribution in [3.63, 3.8) is 0 Å². The number of hydrogen-bond donors (Lipinski definition) is 2. The number of aliphatic hydroxyl groups excluding tert-OH is 1. The largest absolute Gasteiger partial charge is 0.543 e. The third-order valence-electron chi connectivity index (χ3n) is 12.3. The van der Waals surface area contributed by atoms with E-state index in [9.17, 15) is 33.0 Å². The van der Waals surface area contributed by atoms with Crippen molar-refractivity contribution in [3.05, 3.63) is 77.0 Å². The third-order valence-corrected chi connectivity index (χ3v) is 14.1. The topological polar surface area (TPSA) is 147 Å². The van der Waals surface area contributed by atoms with E-state index in [-0.39, 0.29) is 23.0 Å². The lowest BCUT2D eigenvalue weighted by atomic mass is 9.78. The Morgan fingerprint density at radius 2 is 1.68 bits per heavy atom. The van der Waals surface area contributed by atoms with Crippen LogP contribution in [0.4, 0.5) is 11.4 Å². The average molecular weight is 745 g/mol. The van der Waals surface area contributed by atoms with Crippen molar-refractivity contribution < 1.29 is 42.0 Å². The average Bonchev–Trinajstić information content (AvgIpc) is 3.48. The van der Waals surface area contributed by atoms with Crippen molar-refractivity contribution in [1.82, 2.24) is 4.90 Å². The van der Waals surface area contributed by atoms with E-state index in [1.54, 1.807) is 19.1 Å². The molecule has 2 N–H and O–H groups in total. The molecule has 282 valence electrons. The predicted octanol–water partition coefficient (Wildman–Crippen LogP) is 2.25. The number of amides is 2. The minimum Gasteiger partial charge on any atom is -0.543 e. The monoisotopic (exact) mass is 744 g/mol. The molecule has 4 atom stereocenters. The number of likely N-dealkylation sites (N-methyl/N-ethyl adjacent to an activating group) is 2. The first-order valence-electron chi connectivity index (χ1n) is 18.7. The predicted molar refractivity (Wildman–Crippen MR) is 200 cm³/mol. The molecule has 4 heterocycles. The second-order valence-electron chi connectivity index (χ2n) is 16.1. The molecule has 0 spiro atoms. The van der Waals surface area contributed by atoms with Crippen LogP contribution < -0.4 is 14.7 Å². The molecule has 0 saturated carbocycles. The van der Waals surface area contributed by atoms with Crippen LogP contribution in [0.1, 0.15) is 38.3 Å². The number of sulfonamides is 1. The summed E-state index contributed by atoms with van der Waals surface area (Å²) < 4.78 is 30.9. The molecular weight excluding hydrogens is 695 g/mol. The molecule has 2 saturated heterocycles. The molecule has 2 fully saturated rings. The minimum absolute atomic E-state index is 0.0286. The van der Waals surface area contributed by atoms with Gasteiger partial charge in [0.25, 0.3) is 15.9 Å². The second-order valence-corrected chi connectivity index (χ2v) is 17.9. The molecule has 53 heavy (non-hydrogen) atoms. The van der Waals surface area contributed by atoms with Gasteiger partial charge in [0, 0.05) is 23.4 Å². The van der Waals surface area contributed by atoms with Gasteiger partial charge in [0.2, 0.25) is 5.91 Å². The fourth-order valence-electron chi connectivity index (χ4n) is 9.10.